The minimum absolute atomic E-state index is 0.00897. The van der Waals surface area contributed by atoms with Crippen LogP contribution in [0, 0.1) is 24.0 Å². The highest BCUT2D eigenvalue weighted by Gasteiger charge is 2.42. The Morgan fingerprint density at radius 1 is 0.930 bits per heavy atom. The molecule has 0 N–H and O–H groups in total. The standard InChI is InChI=1S/C31H27N5O7/c1-20-17-22(18-27-29(37)33(15-16-42-3)31(39)35(30(27)38)23-7-5-4-6-8-23)21(2)34(20)24-9-12-26(13-10-24)43-28-14-11-25(19-32-28)36(40)41/h4-14,17-19H,15-16H2,1-3H3/b27-18-. The summed E-state index contributed by atoms with van der Waals surface area (Å²) in [6.45, 7) is 3.88. The van der Waals surface area contributed by atoms with E-state index in [0.717, 1.165) is 33.1 Å². The van der Waals surface area contributed by atoms with Crippen molar-refractivity contribution in [2.45, 2.75) is 13.8 Å². The van der Waals surface area contributed by atoms with Crippen molar-refractivity contribution in [2.75, 3.05) is 25.2 Å². The smallest absolute Gasteiger partial charge is 0.338 e. The number of hydrogen-bond donors (Lipinski definition) is 0. The molecule has 1 aliphatic rings. The number of ether oxygens (including phenoxy) is 2. The number of amides is 4. The average molecular weight is 582 g/mol. The quantitative estimate of drug-likeness (QED) is 0.114. The molecule has 1 fully saturated rings. The molecule has 4 amide bonds. The van der Waals surface area contributed by atoms with Crippen LogP contribution in [-0.4, -0.2) is 57.5 Å². The maximum Gasteiger partial charge on any atom is 0.338 e. The van der Waals surface area contributed by atoms with Gasteiger partial charge in [0.05, 0.1) is 23.8 Å². The number of rotatable bonds is 9. The van der Waals surface area contributed by atoms with Gasteiger partial charge in [-0.05, 0) is 68.0 Å². The molecule has 0 bridgehead atoms. The summed E-state index contributed by atoms with van der Waals surface area (Å²) in [6.07, 6.45) is 2.64. The summed E-state index contributed by atoms with van der Waals surface area (Å²) in [5.74, 6) is -0.702. The number of methoxy groups -OCH3 is 1. The van der Waals surface area contributed by atoms with Gasteiger partial charge in [-0.1, -0.05) is 18.2 Å². The maximum absolute atomic E-state index is 13.6. The zero-order chi connectivity index (χ0) is 30.7. The Hall–Kier alpha value is -5.62. The van der Waals surface area contributed by atoms with Gasteiger partial charge < -0.3 is 14.0 Å². The minimum Gasteiger partial charge on any atom is -0.439 e. The number of urea groups is 1. The number of imide groups is 2. The SMILES string of the molecule is COCCN1C(=O)/C(=C/c2cc(C)n(-c3ccc(Oc4ccc([N+](=O)[O-])cn4)cc3)c2C)C(=O)N(c2ccccc2)C1=O. The number of anilines is 1. The van der Waals surface area contributed by atoms with E-state index >= 15 is 0 Å². The number of benzene rings is 2. The number of barbiturate groups is 1. The van der Waals surface area contributed by atoms with Crippen molar-refractivity contribution in [3.8, 4) is 17.3 Å². The number of carbonyl (C=O) groups is 3. The highest BCUT2D eigenvalue weighted by Crippen LogP contribution is 2.29. The Bertz CT molecular complexity index is 1730. The largest absolute Gasteiger partial charge is 0.439 e. The van der Waals surface area contributed by atoms with Crippen LogP contribution in [0.15, 0.2) is 84.6 Å². The second-order valence-electron chi connectivity index (χ2n) is 9.64. The van der Waals surface area contributed by atoms with E-state index in [4.69, 9.17) is 9.47 Å². The van der Waals surface area contributed by atoms with Crippen molar-refractivity contribution in [2.24, 2.45) is 0 Å². The third-order valence-electron chi connectivity index (χ3n) is 6.88. The monoisotopic (exact) mass is 581 g/mol. The highest BCUT2D eigenvalue weighted by molar-refractivity contribution is 6.39. The van der Waals surface area contributed by atoms with Gasteiger partial charge in [-0.3, -0.25) is 24.6 Å². The summed E-state index contributed by atoms with van der Waals surface area (Å²) < 4.78 is 12.8. The van der Waals surface area contributed by atoms with Crippen LogP contribution in [0.1, 0.15) is 17.0 Å². The molecule has 0 saturated carbocycles. The van der Waals surface area contributed by atoms with Crippen LogP contribution in [0.25, 0.3) is 11.8 Å². The first kappa shape index (κ1) is 28.9. The van der Waals surface area contributed by atoms with E-state index < -0.39 is 22.8 Å². The van der Waals surface area contributed by atoms with E-state index in [2.05, 4.69) is 4.98 Å². The molecule has 0 spiro atoms. The lowest BCUT2D eigenvalue weighted by molar-refractivity contribution is -0.385. The van der Waals surface area contributed by atoms with E-state index in [-0.39, 0.29) is 30.3 Å². The zero-order valence-corrected chi connectivity index (χ0v) is 23.6. The second-order valence-corrected chi connectivity index (χ2v) is 9.64. The van der Waals surface area contributed by atoms with Crippen molar-refractivity contribution >= 4 is 35.3 Å². The van der Waals surface area contributed by atoms with Crippen LogP contribution >= 0.6 is 0 Å². The predicted molar refractivity (Wildman–Crippen MR) is 157 cm³/mol. The number of nitro groups is 1. The summed E-state index contributed by atoms with van der Waals surface area (Å²) in [5.41, 5.74) is 3.13. The number of aromatic nitrogens is 2. The van der Waals surface area contributed by atoms with E-state index in [1.165, 1.54) is 25.3 Å². The van der Waals surface area contributed by atoms with E-state index in [0.29, 0.717) is 17.0 Å². The molecule has 0 aliphatic carbocycles. The lowest BCUT2D eigenvalue weighted by Crippen LogP contribution is -2.57. The molecular weight excluding hydrogens is 554 g/mol. The fourth-order valence-corrected chi connectivity index (χ4v) is 4.77. The zero-order valence-electron chi connectivity index (χ0n) is 23.6. The van der Waals surface area contributed by atoms with Crippen LogP contribution in [0.4, 0.5) is 16.2 Å². The van der Waals surface area contributed by atoms with Gasteiger partial charge in [0.2, 0.25) is 5.88 Å². The van der Waals surface area contributed by atoms with Crippen molar-refractivity contribution in [3.63, 3.8) is 0 Å². The number of pyridine rings is 1. The molecule has 1 saturated heterocycles. The molecule has 2 aromatic heterocycles. The molecule has 0 unspecified atom stereocenters. The highest BCUT2D eigenvalue weighted by atomic mass is 16.6. The summed E-state index contributed by atoms with van der Waals surface area (Å²) in [7, 11) is 1.47. The molecule has 5 rings (SSSR count). The molecule has 218 valence electrons. The number of carbonyl (C=O) groups excluding carboxylic acids is 3. The summed E-state index contributed by atoms with van der Waals surface area (Å²) in [6, 6.07) is 19.5. The Labute approximate surface area is 246 Å². The number of hydrogen-bond acceptors (Lipinski definition) is 8. The number of aryl methyl sites for hydroxylation is 1. The van der Waals surface area contributed by atoms with Crippen LogP contribution in [0.2, 0.25) is 0 Å². The second kappa shape index (κ2) is 12.1. The predicted octanol–water partition coefficient (Wildman–Crippen LogP) is 5.21. The van der Waals surface area contributed by atoms with Gasteiger partial charge in [0.25, 0.3) is 17.5 Å². The fourth-order valence-electron chi connectivity index (χ4n) is 4.77. The van der Waals surface area contributed by atoms with Gasteiger partial charge in [0.15, 0.2) is 0 Å². The summed E-state index contributed by atoms with van der Waals surface area (Å²) in [4.78, 5) is 56.5. The third kappa shape index (κ3) is 5.76. The number of para-hydroxylation sites is 1. The van der Waals surface area contributed by atoms with Crippen LogP contribution in [-0.2, 0) is 14.3 Å². The molecule has 12 heteroatoms. The molecule has 4 aromatic rings. The van der Waals surface area contributed by atoms with Crippen LogP contribution in [0.5, 0.6) is 11.6 Å². The van der Waals surface area contributed by atoms with E-state index in [1.807, 2.05) is 36.6 Å². The average Bonchev–Trinajstić information content (AvgIpc) is 3.28. The third-order valence-corrected chi connectivity index (χ3v) is 6.88. The first-order valence-corrected chi connectivity index (χ1v) is 13.2. The Morgan fingerprint density at radius 2 is 1.65 bits per heavy atom. The molecule has 0 atom stereocenters. The van der Waals surface area contributed by atoms with Crippen molar-refractivity contribution in [1.29, 1.82) is 0 Å². The number of nitrogens with zero attached hydrogens (tertiary/aromatic N) is 5. The Kier molecular flexibility index (Phi) is 8.12. The molecule has 12 nitrogen and oxygen atoms in total. The van der Waals surface area contributed by atoms with Gasteiger partial charge in [0.1, 0.15) is 17.5 Å². The van der Waals surface area contributed by atoms with E-state index in [9.17, 15) is 24.5 Å². The molecule has 3 heterocycles. The summed E-state index contributed by atoms with van der Waals surface area (Å²) in [5, 5.41) is 10.8. The topological polar surface area (TPSA) is 137 Å². The molecule has 0 radical (unpaired) electrons. The van der Waals surface area contributed by atoms with Crippen molar-refractivity contribution in [3.05, 3.63) is 112 Å². The van der Waals surface area contributed by atoms with Gasteiger partial charge >= 0.3 is 6.03 Å². The normalized spacial score (nSPS) is 14.5. The van der Waals surface area contributed by atoms with E-state index in [1.54, 1.807) is 42.5 Å². The Balaban J connectivity index is 1.45. The first-order valence-electron chi connectivity index (χ1n) is 13.2. The molecule has 1 aliphatic heterocycles. The van der Waals surface area contributed by atoms with Gasteiger partial charge in [0, 0.05) is 36.3 Å². The molecule has 2 aromatic carbocycles. The first-order chi connectivity index (χ1) is 20.7. The minimum atomic E-state index is -0.730. The molecule has 43 heavy (non-hydrogen) atoms. The van der Waals surface area contributed by atoms with Gasteiger partial charge in [-0.25, -0.2) is 14.7 Å². The maximum atomic E-state index is 13.6. The Morgan fingerprint density at radius 3 is 2.28 bits per heavy atom. The summed E-state index contributed by atoms with van der Waals surface area (Å²) >= 11 is 0. The van der Waals surface area contributed by atoms with Gasteiger partial charge in [-0.15, -0.1) is 0 Å². The van der Waals surface area contributed by atoms with Crippen LogP contribution in [0.3, 0.4) is 0 Å². The molecular formula is C31H27N5O7. The van der Waals surface area contributed by atoms with Crippen LogP contribution < -0.4 is 9.64 Å². The lowest BCUT2D eigenvalue weighted by atomic mass is 10.1. The van der Waals surface area contributed by atoms with Gasteiger partial charge in [-0.2, -0.15) is 0 Å². The lowest BCUT2D eigenvalue weighted by Gasteiger charge is -2.33. The van der Waals surface area contributed by atoms with Crippen molar-refractivity contribution in [1.82, 2.24) is 14.5 Å². The fraction of sp³-hybridized carbons (Fsp3) is 0.161. The van der Waals surface area contributed by atoms with Crippen molar-refractivity contribution < 1.29 is 28.8 Å².